The first kappa shape index (κ1) is 12.8. The maximum absolute atomic E-state index is 8.92. The van der Waals surface area contributed by atoms with E-state index in [0.717, 1.165) is 16.9 Å². The van der Waals surface area contributed by atoms with Crippen molar-refractivity contribution in [3.63, 3.8) is 0 Å². The van der Waals surface area contributed by atoms with Crippen molar-refractivity contribution in [2.75, 3.05) is 5.32 Å². The molecule has 2 aromatic carbocycles. The number of nitriles is 1. The Morgan fingerprint density at radius 3 is 2.86 bits per heavy atom. The molecule has 102 valence electrons. The summed E-state index contributed by atoms with van der Waals surface area (Å²) in [6.45, 7) is 0.620. The second-order valence-corrected chi connectivity index (χ2v) is 4.44. The normalized spacial score (nSPS) is 10.0. The number of hydrogen-bond acceptors (Lipinski definition) is 5. The van der Waals surface area contributed by atoms with Gasteiger partial charge in [0, 0.05) is 6.54 Å². The molecule has 0 radical (unpaired) electrons. The van der Waals surface area contributed by atoms with E-state index < -0.39 is 0 Å². The molecule has 0 spiro atoms. The number of anilines is 1. The summed E-state index contributed by atoms with van der Waals surface area (Å²) >= 11 is 0. The van der Waals surface area contributed by atoms with Crippen LogP contribution in [-0.2, 0) is 6.54 Å². The largest absolute Gasteiger partial charge is 0.379 e. The molecule has 0 atom stereocenters. The predicted octanol–water partition coefficient (Wildman–Crippen LogP) is 2.15. The monoisotopic (exact) mass is 276 g/mol. The molecule has 0 saturated heterocycles. The Labute approximate surface area is 121 Å². The number of tetrazole rings is 1. The molecule has 3 rings (SSSR count). The first-order chi connectivity index (χ1) is 10.4. The number of benzene rings is 2. The van der Waals surface area contributed by atoms with Gasteiger partial charge in [-0.05, 0) is 40.3 Å². The molecule has 6 heteroatoms. The fraction of sp³-hybridized carbons (Fsp3) is 0.0667. The van der Waals surface area contributed by atoms with Gasteiger partial charge in [0.25, 0.3) is 0 Å². The summed E-state index contributed by atoms with van der Waals surface area (Å²) in [5.41, 5.74) is 3.50. The van der Waals surface area contributed by atoms with E-state index in [1.165, 1.54) is 0 Å². The van der Waals surface area contributed by atoms with E-state index in [-0.39, 0.29) is 0 Å². The Morgan fingerprint density at radius 1 is 1.14 bits per heavy atom. The van der Waals surface area contributed by atoms with Crippen LogP contribution in [0.4, 0.5) is 5.69 Å². The molecule has 0 saturated carbocycles. The van der Waals surface area contributed by atoms with Gasteiger partial charge in [-0.25, -0.2) is 0 Å². The van der Waals surface area contributed by atoms with Crippen LogP contribution in [0.2, 0.25) is 0 Å². The van der Waals surface area contributed by atoms with Crippen molar-refractivity contribution < 1.29 is 0 Å². The van der Waals surface area contributed by atoms with Gasteiger partial charge < -0.3 is 5.32 Å². The second kappa shape index (κ2) is 5.84. The highest BCUT2D eigenvalue weighted by Gasteiger charge is 2.05. The maximum Gasteiger partial charge on any atom is 0.143 e. The highest BCUT2D eigenvalue weighted by atomic mass is 15.5. The molecule has 1 aromatic heterocycles. The predicted molar refractivity (Wildman–Crippen MR) is 77.6 cm³/mol. The Balaban J connectivity index is 1.81. The maximum atomic E-state index is 8.92. The van der Waals surface area contributed by atoms with Gasteiger partial charge >= 0.3 is 0 Å². The second-order valence-electron chi connectivity index (χ2n) is 4.44. The van der Waals surface area contributed by atoms with Gasteiger partial charge in [0.1, 0.15) is 6.33 Å². The lowest BCUT2D eigenvalue weighted by Gasteiger charge is -2.11. The highest BCUT2D eigenvalue weighted by Crippen LogP contribution is 2.19. The topological polar surface area (TPSA) is 79.4 Å². The van der Waals surface area contributed by atoms with Crippen molar-refractivity contribution in [1.29, 1.82) is 5.26 Å². The van der Waals surface area contributed by atoms with E-state index in [4.69, 9.17) is 5.26 Å². The van der Waals surface area contributed by atoms with Gasteiger partial charge in [-0.3, -0.25) is 0 Å². The smallest absolute Gasteiger partial charge is 0.143 e. The van der Waals surface area contributed by atoms with Gasteiger partial charge in [-0.15, -0.1) is 5.10 Å². The summed E-state index contributed by atoms with van der Waals surface area (Å²) in [7, 11) is 0. The lowest BCUT2D eigenvalue weighted by atomic mass is 10.1. The van der Waals surface area contributed by atoms with Crippen molar-refractivity contribution in [1.82, 2.24) is 20.2 Å². The van der Waals surface area contributed by atoms with E-state index in [2.05, 4.69) is 26.9 Å². The zero-order chi connectivity index (χ0) is 14.5. The van der Waals surface area contributed by atoms with Crippen molar-refractivity contribution in [2.45, 2.75) is 6.54 Å². The minimum absolute atomic E-state index is 0.620. The van der Waals surface area contributed by atoms with Gasteiger partial charge in [0.2, 0.25) is 0 Å². The number of rotatable bonds is 4. The molecule has 0 fully saturated rings. The van der Waals surface area contributed by atoms with E-state index in [0.29, 0.717) is 12.1 Å². The molecule has 6 nitrogen and oxygen atoms in total. The highest BCUT2D eigenvalue weighted by molar-refractivity contribution is 5.60. The lowest BCUT2D eigenvalue weighted by molar-refractivity contribution is 0.789. The van der Waals surface area contributed by atoms with Gasteiger partial charge in [-0.1, -0.05) is 24.3 Å². The van der Waals surface area contributed by atoms with Crippen LogP contribution in [0.15, 0.2) is 54.9 Å². The fourth-order valence-electron chi connectivity index (χ4n) is 2.04. The third kappa shape index (κ3) is 2.87. The molecule has 0 bridgehead atoms. The van der Waals surface area contributed by atoms with E-state index in [9.17, 15) is 0 Å². The fourth-order valence-corrected chi connectivity index (χ4v) is 2.04. The summed E-state index contributed by atoms with van der Waals surface area (Å²) in [5, 5.41) is 23.5. The molecule has 0 amide bonds. The summed E-state index contributed by atoms with van der Waals surface area (Å²) in [5.74, 6) is 0. The van der Waals surface area contributed by atoms with Gasteiger partial charge in [0.05, 0.1) is 23.0 Å². The van der Waals surface area contributed by atoms with Crippen LogP contribution in [0.1, 0.15) is 11.1 Å². The van der Waals surface area contributed by atoms with Crippen molar-refractivity contribution in [2.24, 2.45) is 0 Å². The van der Waals surface area contributed by atoms with E-state index in [1.54, 1.807) is 17.1 Å². The van der Waals surface area contributed by atoms with Gasteiger partial charge in [-0.2, -0.15) is 9.94 Å². The van der Waals surface area contributed by atoms with E-state index >= 15 is 0 Å². The molecular weight excluding hydrogens is 264 g/mol. The molecule has 0 aliphatic carbocycles. The number of nitrogens with zero attached hydrogens (tertiary/aromatic N) is 5. The van der Waals surface area contributed by atoms with Crippen LogP contribution in [0.3, 0.4) is 0 Å². The van der Waals surface area contributed by atoms with Crippen molar-refractivity contribution >= 4 is 5.69 Å². The Hall–Kier alpha value is -3.20. The average Bonchev–Trinajstić information content (AvgIpc) is 3.08. The van der Waals surface area contributed by atoms with Crippen LogP contribution < -0.4 is 5.32 Å². The SMILES string of the molecule is N#Cc1cccc(CNc2ccccc2-n2cnnn2)c1. The minimum Gasteiger partial charge on any atom is -0.379 e. The summed E-state index contributed by atoms with van der Waals surface area (Å²) < 4.78 is 1.61. The molecule has 3 aromatic rings. The molecule has 21 heavy (non-hydrogen) atoms. The first-order valence-corrected chi connectivity index (χ1v) is 6.42. The number of hydrogen-bond donors (Lipinski definition) is 1. The van der Waals surface area contributed by atoms with E-state index in [1.807, 2.05) is 42.5 Å². The summed E-state index contributed by atoms with van der Waals surface area (Å²) in [6.07, 6.45) is 1.55. The third-order valence-corrected chi connectivity index (χ3v) is 3.04. The minimum atomic E-state index is 0.620. The number of aromatic nitrogens is 4. The summed E-state index contributed by atoms with van der Waals surface area (Å²) in [4.78, 5) is 0. The quantitative estimate of drug-likeness (QED) is 0.789. The standard InChI is InChI=1S/C15H12N6/c16-9-12-4-3-5-13(8-12)10-17-14-6-1-2-7-15(14)21-11-18-19-20-21/h1-8,11,17H,10H2. The van der Waals surface area contributed by atoms with Crippen LogP contribution >= 0.6 is 0 Å². The molecule has 0 unspecified atom stereocenters. The molecule has 0 aliphatic rings. The Bertz CT molecular complexity index is 773. The van der Waals surface area contributed by atoms with Gasteiger partial charge in [0.15, 0.2) is 0 Å². The lowest BCUT2D eigenvalue weighted by Crippen LogP contribution is -2.05. The Kier molecular flexibility index (Phi) is 3.56. The molecular formula is C15H12N6. The average molecular weight is 276 g/mol. The summed E-state index contributed by atoms with van der Waals surface area (Å²) in [6, 6.07) is 17.4. The van der Waals surface area contributed by atoms with Crippen LogP contribution in [0.5, 0.6) is 0 Å². The van der Waals surface area contributed by atoms with Crippen molar-refractivity contribution in [3.8, 4) is 11.8 Å². The zero-order valence-corrected chi connectivity index (χ0v) is 11.1. The third-order valence-electron chi connectivity index (χ3n) is 3.04. The Morgan fingerprint density at radius 2 is 2.05 bits per heavy atom. The molecule has 1 N–H and O–H groups in total. The number of para-hydroxylation sites is 2. The van der Waals surface area contributed by atoms with Crippen LogP contribution in [0, 0.1) is 11.3 Å². The van der Waals surface area contributed by atoms with Crippen LogP contribution in [0.25, 0.3) is 5.69 Å². The van der Waals surface area contributed by atoms with Crippen LogP contribution in [-0.4, -0.2) is 20.2 Å². The number of nitrogens with one attached hydrogen (secondary N) is 1. The molecule has 1 heterocycles. The van der Waals surface area contributed by atoms with Crippen molar-refractivity contribution in [3.05, 3.63) is 66.0 Å². The molecule has 0 aliphatic heterocycles. The zero-order valence-electron chi connectivity index (χ0n) is 11.1. The first-order valence-electron chi connectivity index (χ1n) is 6.42.